The fourth-order valence-corrected chi connectivity index (χ4v) is 4.26. The van der Waals surface area contributed by atoms with Crippen LogP contribution in [0.25, 0.3) is 10.9 Å². The van der Waals surface area contributed by atoms with Gasteiger partial charge in [-0.2, -0.15) is 0 Å². The van der Waals surface area contributed by atoms with E-state index in [4.69, 9.17) is 4.74 Å². The summed E-state index contributed by atoms with van der Waals surface area (Å²) in [5.74, 6) is 0.880. The number of benzene rings is 2. The zero-order chi connectivity index (χ0) is 18.7. The lowest BCUT2D eigenvalue weighted by Crippen LogP contribution is -2.42. The summed E-state index contributed by atoms with van der Waals surface area (Å²) in [4.78, 5) is 5.88. The number of hydrogen-bond donors (Lipinski definition) is 2. The van der Waals surface area contributed by atoms with E-state index in [2.05, 4.69) is 52.5 Å². The third-order valence-corrected chi connectivity index (χ3v) is 6.06. The molecule has 0 bridgehead atoms. The first-order valence-electron chi connectivity index (χ1n) is 9.72. The predicted octanol–water partition coefficient (Wildman–Crippen LogP) is 3.99. The Labute approximate surface area is 160 Å². The molecule has 1 aliphatic heterocycles. The third-order valence-electron chi connectivity index (χ3n) is 6.06. The Bertz CT molecular complexity index is 877. The molecule has 2 aromatic carbocycles. The van der Waals surface area contributed by atoms with Crippen molar-refractivity contribution in [2.24, 2.45) is 5.41 Å². The fraction of sp³-hybridized carbons (Fsp3) is 0.391. The Morgan fingerprint density at radius 2 is 1.81 bits per heavy atom. The van der Waals surface area contributed by atoms with Gasteiger partial charge < -0.3 is 14.8 Å². The molecule has 4 nitrogen and oxygen atoms in total. The highest BCUT2D eigenvalue weighted by Gasteiger charge is 2.34. The number of fused-ring (bicyclic) bond motifs is 1. The van der Waals surface area contributed by atoms with Gasteiger partial charge in [0, 0.05) is 30.3 Å². The molecule has 1 saturated heterocycles. The monoisotopic (exact) mass is 364 g/mol. The average Bonchev–Trinajstić information content (AvgIpc) is 3.13. The average molecular weight is 364 g/mol. The van der Waals surface area contributed by atoms with Gasteiger partial charge in [-0.1, -0.05) is 30.3 Å². The van der Waals surface area contributed by atoms with Gasteiger partial charge in [-0.3, -0.25) is 4.90 Å². The van der Waals surface area contributed by atoms with Crippen molar-refractivity contribution in [1.82, 2.24) is 9.88 Å². The first kappa shape index (κ1) is 18.1. The van der Waals surface area contributed by atoms with E-state index in [1.165, 1.54) is 22.0 Å². The number of piperidine rings is 1. The summed E-state index contributed by atoms with van der Waals surface area (Å²) < 4.78 is 5.25. The van der Waals surface area contributed by atoms with Crippen molar-refractivity contribution >= 4 is 10.9 Å². The second-order valence-electron chi connectivity index (χ2n) is 7.82. The number of ether oxygens (including phenoxy) is 1. The zero-order valence-corrected chi connectivity index (χ0v) is 15.9. The quantitative estimate of drug-likeness (QED) is 0.695. The molecule has 3 aromatic rings. The summed E-state index contributed by atoms with van der Waals surface area (Å²) in [5, 5.41) is 11.5. The van der Waals surface area contributed by atoms with Crippen LogP contribution in [-0.4, -0.2) is 41.8 Å². The van der Waals surface area contributed by atoms with Crippen LogP contribution in [-0.2, 0) is 13.0 Å². The summed E-state index contributed by atoms with van der Waals surface area (Å²) >= 11 is 0. The number of aliphatic hydroxyl groups is 1. The number of aromatic amines is 1. The van der Waals surface area contributed by atoms with Crippen molar-refractivity contribution in [3.8, 4) is 5.75 Å². The highest BCUT2D eigenvalue weighted by molar-refractivity contribution is 5.82. The van der Waals surface area contributed by atoms with E-state index in [-0.39, 0.29) is 12.0 Å². The molecule has 0 unspecified atom stereocenters. The van der Waals surface area contributed by atoms with Gasteiger partial charge >= 0.3 is 0 Å². The van der Waals surface area contributed by atoms with Gasteiger partial charge in [0.1, 0.15) is 5.75 Å². The number of methoxy groups -OCH3 is 1. The first-order valence-corrected chi connectivity index (χ1v) is 9.72. The van der Waals surface area contributed by atoms with Gasteiger partial charge in [0.15, 0.2) is 0 Å². The lowest BCUT2D eigenvalue weighted by atomic mass is 9.74. The highest BCUT2D eigenvalue weighted by atomic mass is 16.5. The van der Waals surface area contributed by atoms with E-state index >= 15 is 0 Å². The summed E-state index contributed by atoms with van der Waals surface area (Å²) in [6.07, 6.45) is 5.11. The first-order chi connectivity index (χ1) is 13.2. The lowest BCUT2D eigenvalue weighted by molar-refractivity contribution is 0.0415. The molecule has 142 valence electrons. The van der Waals surface area contributed by atoms with Gasteiger partial charge in [-0.15, -0.1) is 0 Å². The van der Waals surface area contributed by atoms with Crippen LogP contribution in [0.15, 0.2) is 54.7 Å². The second kappa shape index (κ2) is 7.75. The van der Waals surface area contributed by atoms with Crippen LogP contribution in [0.2, 0.25) is 0 Å². The fourth-order valence-electron chi connectivity index (χ4n) is 4.26. The Hall–Kier alpha value is -2.30. The van der Waals surface area contributed by atoms with E-state index in [1.54, 1.807) is 7.11 Å². The van der Waals surface area contributed by atoms with E-state index in [0.29, 0.717) is 0 Å². The predicted molar refractivity (Wildman–Crippen MR) is 109 cm³/mol. The van der Waals surface area contributed by atoms with Gasteiger partial charge in [0.05, 0.1) is 7.11 Å². The minimum Gasteiger partial charge on any atom is -0.497 e. The van der Waals surface area contributed by atoms with E-state index < -0.39 is 0 Å². The molecule has 4 rings (SSSR count). The van der Waals surface area contributed by atoms with Gasteiger partial charge in [0.25, 0.3) is 0 Å². The van der Waals surface area contributed by atoms with Crippen molar-refractivity contribution in [3.05, 3.63) is 65.9 Å². The second-order valence-corrected chi connectivity index (χ2v) is 7.82. The van der Waals surface area contributed by atoms with Crippen molar-refractivity contribution in [3.63, 3.8) is 0 Å². The third kappa shape index (κ3) is 3.87. The molecule has 0 saturated carbocycles. The molecule has 4 heteroatoms. The maximum absolute atomic E-state index is 10.1. The Morgan fingerprint density at radius 3 is 2.52 bits per heavy atom. The van der Waals surface area contributed by atoms with Crippen LogP contribution in [0.5, 0.6) is 5.75 Å². The zero-order valence-electron chi connectivity index (χ0n) is 15.9. The smallest absolute Gasteiger partial charge is 0.118 e. The maximum Gasteiger partial charge on any atom is 0.118 e. The van der Waals surface area contributed by atoms with Gasteiger partial charge in [-0.25, -0.2) is 0 Å². The minimum absolute atomic E-state index is 0.00863. The maximum atomic E-state index is 10.1. The van der Waals surface area contributed by atoms with E-state index in [9.17, 15) is 5.11 Å². The van der Waals surface area contributed by atoms with E-state index in [1.807, 2.05) is 12.1 Å². The topological polar surface area (TPSA) is 48.5 Å². The van der Waals surface area contributed by atoms with Crippen molar-refractivity contribution in [2.75, 3.05) is 26.8 Å². The van der Waals surface area contributed by atoms with Crippen molar-refractivity contribution in [2.45, 2.75) is 25.8 Å². The van der Waals surface area contributed by atoms with Crippen molar-refractivity contribution < 1.29 is 9.84 Å². The number of nitrogens with one attached hydrogen (secondary N) is 1. The molecule has 2 heterocycles. The largest absolute Gasteiger partial charge is 0.497 e. The van der Waals surface area contributed by atoms with Gasteiger partial charge in [0.2, 0.25) is 0 Å². The van der Waals surface area contributed by atoms with Crippen LogP contribution >= 0.6 is 0 Å². The van der Waals surface area contributed by atoms with Crippen LogP contribution in [0, 0.1) is 5.41 Å². The minimum atomic E-state index is -0.00863. The van der Waals surface area contributed by atoms with Crippen LogP contribution in [0.4, 0.5) is 0 Å². The number of nitrogens with zero attached hydrogens (tertiary/aromatic N) is 1. The summed E-state index contributed by atoms with van der Waals surface area (Å²) in [5.41, 5.74) is 3.83. The SMILES string of the molecule is COc1ccc(CC2(CO)CCN(Cc3c[nH]c4ccccc34)CC2)cc1. The normalized spacial score (nSPS) is 17.3. The summed E-state index contributed by atoms with van der Waals surface area (Å²) in [7, 11) is 1.69. The molecular formula is C23H28N2O2. The standard InChI is InChI=1S/C23H28N2O2/c1-27-20-8-6-18(7-9-20)14-23(17-26)10-12-25(13-11-23)16-19-15-24-22-5-3-2-4-21(19)22/h2-9,15,24,26H,10-14,16-17H2,1H3. The Morgan fingerprint density at radius 1 is 1.07 bits per heavy atom. The van der Waals surface area contributed by atoms with E-state index in [0.717, 1.165) is 44.6 Å². The number of aromatic nitrogens is 1. The highest BCUT2D eigenvalue weighted by Crippen LogP contribution is 2.36. The summed E-state index contributed by atoms with van der Waals surface area (Å²) in [6, 6.07) is 16.7. The molecule has 2 N–H and O–H groups in total. The lowest BCUT2D eigenvalue weighted by Gasteiger charge is -2.41. The van der Waals surface area contributed by atoms with Crippen LogP contribution < -0.4 is 4.74 Å². The molecule has 27 heavy (non-hydrogen) atoms. The molecular weight excluding hydrogens is 336 g/mol. The molecule has 0 radical (unpaired) electrons. The van der Waals surface area contributed by atoms with Crippen molar-refractivity contribution in [1.29, 1.82) is 0 Å². The Kier molecular flexibility index (Phi) is 5.19. The molecule has 1 aliphatic rings. The van der Waals surface area contributed by atoms with Crippen LogP contribution in [0.3, 0.4) is 0 Å². The molecule has 1 aromatic heterocycles. The number of aliphatic hydroxyl groups excluding tert-OH is 1. The number of para-hydroxylation sites is 1. The number of likely N-dealkylation sites (tertiary alicyclic amines) is 1. The molecule has 1 fully saturated rings. The molecule has 0 atom stereocenters. The van der Waals surface area contributed by atoms with Gasteiger partial charge in [-0.05, 0) is 67.1 Å². The number of H-pyrrole nitrogens is 1. The Balaban J connectivity index is 1.40. The summed E-state index contributed by atoms with van der Waals surface area (Å²) in [6.45, 7) is 3.26. The molecule has 0 spiro atoms. The molecule has 0 aliphatic carbocycles. The number of rotatable bonds is 6. The number of hydrogen-bond acceptors (Lipinski definition) is 3. The van der Waals surface area contributed by atoms with Crippen LogP contribution in [0.1, 0.15) is 24.0 Å². The molecule has 0 amide bonds.